The highest BCUT2D eigenvalue weighted by Gasteiger charge is 2.11. The lowest BCUT2D eigenvalue weighted by molar-refractivity contribution is -0.123. The van der Waals surface area contributed by atoms with Crippen LogP contribution in [-0.2, 0) is 17.6 Å². The number of carbonyl (C=O) groups excluding carboxylic acids is 1. The molecule has 0 atom stereocenters. The lowest BCUT2D eigenvalue weighted by Crippen LogP contribution is -2.25. The molecule has 0 aliphatic heterocycles. The first-order valence-corrected chi connectivity index (χ1v) is 10.4. The molecule has 4 nitrogen and oxygen atoms in total. The lowest BCUT2D eigenvalue weighted by atomic mass is 9.90. The van der Waals surface area contributed by atoms with Crippen LogP contribution < -0.4 is 10.2 Å². The van der Waals surface area contributed by atoms with E-state index >= 15 is 0 Å². The molecular formula is C26H26N2O2. The Kier molecular flexibility index (Phi) is 6.23. The predicted octanol–water partition coefficient (Wildman–Crippen LogP) is 5.15. The molecule has 0 radical (unpaired) electrons. The molecular weight excluding hydrogens is 372 g/mol. The first-order chi connectivity index (χ1) is 14.7. The lowest BCUT2D eigenvalue weighted by Gasteiger charge is -2.16. The molecule has 1 N–H and O–H groups in total. The highest BCUT2D eigenvalue weighted by molar-refractivity contribution is 5.99. The van der Waals surface area contributed by atoms with E-state index in [1.807, 2.05) is 61.5 Å². The number of para-hydroxylation sites is 1. The molecule has 0 bridgehead atoms. The summed E-state index contributed by atoms with van der Waals surface area (Å²) in [7, 11) is 0. The standard InChI is InChI=1S/C26H26N2O2/c1-19(22-16-15-20-9-5-6-12-23(20)17-22)27-28-26(29)18-30-25-14-8-7-13-24(25)21-10-3-2-4-11-21/h2-4,7-8,10-11,13-17H,5-6,9,12,18H2,1H3,(H,28,29)/b27-19+. The maximum Gasteiger partial charge on any atom is 0.277 e. The van der Waals surface area contributed by atoms with Gasteiger partial charge in [0, 0.05) is 5.56 Å². The van der Waals surface area contributed by atoms with Crippen molar-refractivity contribution in [2.75, 3.05) is 6.61 Å². The Hall–Kier alpha value is -3.40. The van der Waals surface area contributed by atoms with Crippen LogP contribution in [0.2, 0.25) is 0 Å². The Morgan fingerprint density at radius 2 is 1.67 bits per heavy atom. The minimum absolute atomic E-state index is 0.0924. The van der Waals surface area contributed by atoms with Gasteiger partial charge in [-0.2, -0.15) is 5.10 Å². The monoisotopic (exact) mass is 398 g/mol. The van der Waals surface area contributed by atoms with E-state index in [2.05, 4.69) is 28.7 Å². The number of ether oxygens (including phenoxy) is 1. The molecule has 30 heavy (non-hydrogen) atoms. The second-order valence-corrected chi connectivity index (χ2v) is 7.57. The molecule has 0 saturated carbocycles. The van der Waals surface area contributed by atoms with Crippen LogP contribution in [-0.4, -0.2) is 18.2 Å². The van der Waals surface area contributed by atoms with Gasteiger partial charge in [-0.3, -0.25) is 4.79 Å². The van der Waals surface area contributed by atoms with E-state index in [0.717, 1.165) is 35.2 Å². The first-order valence-electron chi connectivity index (χ1n) is 10.4. The summed E-state index contributed by atoms with van der Waals surface area (Å²) in [5, 5.41) is 4.27. The van der Waals surface area contributed by atoms with Gasteiger partial charge in [-0.15, -0.1) is 0 Å². The van der Waals surface area contributed by atoms with Gasteiger partial charge in [0.25, 0.3) is 5.91 Å². The highest BCUT2D eigenvalue weighted by atomic mass is 16.5. The van der Waals surface area contributed by atoms with Crippen molar-refractivity contribution in [3.05, 3.63) is 89.5 Å². The number of nitrogens with zero attached hydrogens (tertiary/aromatic N) is 1. The zero-order chi connectivity index (χ0) is 20.8. The number of hydrogen-bond donors (Lipinski definition) is 1. The zero-order valence-electron chi connectivity index (χ0n) is 17.2. The fraction of sp³-hybridized carbons (Fsp3) is 0.231. The van der Waals surface area contributed by atoms with Gasteiger partial charge in [-0.25, -0.2) is 5.43 Å². The largest absolute Gasteiger partial charge is 0.483 e. The summed E-state index contributed by atoms with van der Waals surface area (Å²) in [5.41, 5.74) is 9.30. The third kappa shape index (κ3) is 4.77. The van der Waals surface area contributed by atoms with Crippen molar-refractivity contribution in [1.29, 1.82) is 0 Å². The van der Waals surface area contributed by atoms with Crippen molar-refractivity contribution < 1.29 is 9.53 Å². The molecule has 0 aromatic heterocycles. The summed E-state index contributed by atoms with van der Waals surface area (Å²) in [6, 6.07) is 24.2. The van der Waals surface area contributed by atoms with Crippen LogP contribution in [0.3, 0.4) is 0 Å². The summed E-state index contributed by atoms with van der Waals surface area (Å²) in [4.78, 5) is 12.3. The van der Waals surface area contributed by atoms with Crippen molar-refractivity contribution in [1.82, 2.24) is 5.43 Å². The fourth-order valence-electron chi connectivity index (χ4n) is 3.79. The second-order valence-electron chi connectivity index (χ2n) is 7.57. The average molecular weight is 399 g/mol. The summed E-state index contributed by atoms with van der Waals surface area (Å²) >= 11 is 0. The molecule has 4 heteroatoms. The van der Waals surface area contributed by atoms with E-state index in [1.165, 1.54) is 24.0 Å². The average Bonchev–Trinajstić information content (AvgIpc) is 2.81. The minimum atomic E-state index is -0.282. The quantitative estimate of drug-likeness (QED) is 0.461. The number of benzene rings is 3. The van der Waals surface area contributed by atoms with Gasteiger partial charge < -0.3 is 4.74 Å². The molecule has 4 rings (SSSR count). The van der Waals surface area contributed by atoms with Crippen molar-refractivity contribution in [3.8, 4) is 16.9 Å². The number of hydrazone groups is 1. The molecule has 1 aliphatic carbocycles. The summed E-state index contributed by atoms with van der Waals surface area (Å²) in [6.45, 7) is 1.82. The van der Waals surface area contributed by atoms with E-state index in [0.29, 0.717) is 5.75 Å². The maximum atomic E-state index is 12.3. The van der Waals surface area contributed by atoms with E-state index in [1.54, 1.807) is 0 Å². The maximum absolute atomic E-state index is 12.3. The van der Waals surface area contributed by atoms with Crippen molar-refractivity contribution in [3.63, 3.8) is 0 Å². The van der Waals surface area contributed by atoms with Gasteiger partial charge in [0.05, 0.1) is 5.71 Å². The van der Waals surface area contributed by atoms with E-state index in [9.17, 15) is 4.79 Å². The second kappa shape index (κ2) is 9.40. The number of hydrogen-bond acceptors (Lipinski definition) is 3. The fourth-order valence-corrected chi connectivity index (χ4v) is 3.79. The van der Waals surface area contributed by atoms with E-state index < -0.39 is 0 Å². The summed E-state index contributed by atoms with van der Waals surface area (Å²) in [6.07, 6.45) is 4.79. The number of carbonyl (C=O) groups is 1. The molecule has 152 valence electrons. The van der Waals surface area contributed by atoms with Crippen LogP contribution >= 0.6 is 0 Å². The molecule has 0 unspecified atom stereocenters. The Balaban J connectivity index is 1.38. The Morgan fingerprint density at radius 1 is 0.933 bits per heavy atom. The molecule has 1 amide bonds. The Bertz CT molecular complexity index is 1060. The number of nitrogens with one attached hydrogen (secondary N) is 1. The number of fused-ring (bicyclic) bond motifs is 1. The number of rotatable bonds is 6. The number of amides is 1. The predicted molar refractivity (Wildman–Crippen MR) is 121 cm³/mol. The Labute approximate surface area is 177 Å². The Morgan fingerprint density at radius 3 is 2.50 bits per heavy atom. The molecule has 0 fully saturated rings. The summed E-state index contributed by atoms with van der Waals surface area (Å²) in [5.74, 6) is 0.393. The molecule has 0 heterocycles. The topological polar surface area (TPSA) is 50.7 Å². The summed E-state index contributed by atoms with van der Waals surface area (Å²) < 4.78 is 5.78. The number of aryl methyl sites for hydroxylation is 2. The van der Waals surface area contributed by atoms with E-state index in [-0.39, 0.29) is 12.5 Å². The van der Waals surface area contributed by atoms with Gasteiger partial charge in [0.1, 0.15) is 5.75 Å². The van der Waals surface area contributed by atoms with Crippen LogP contribution in [0.1, 0.15) is 36.5 Å². The smallest absolute Gasteiger partial charge is 0.277 e. The van der Waals surface area contributed by atoms with Gasteiger partial charge in [-0.1, -0.05) is 60.7 Å². The van der Waals surface area contributed by atoms with Crippen LogP contribution in [0.15, 0.2) is 77.9 Å². The van der Waals surface area contributed by atoms with Crippen molar-refractivity contribution >= 4 is 11.6 Å². The molecule has 0 spiro atoms. The molecule has 3 aromatic carbocycles. The highest BCUT2D eigenvalue weighted by Crippen LogP contribution is 2.29. The van der Waals surface area contributed by atoms with Gasteiger partial charge in [0.2, 0.25) is 0 Å². The van der Waals surface area contributed by atoms with Gasteiger partial charge >= 0.3 is 0 Å². The third-order valence-corrected chi connectivity index (χ3v) is 5.45. The minimum Gasteiger partial charge on any atom is -0.483 e. The van der Waals surface area contributed by atoms with E-state index in [4.69, 9.17) is 4.74 Å². The first kappa shape index (κ1) is 19.9. The van der Waals surface area contributed by atoms with Crippen LogP contribution in [0.5, 0.6) is 5.75 Å². The van der Waals surface area contributed by atoms with Crippen LogP contribution in [0.25, 0.3) is 11.1 Å². The normalized spacial score (nSPS) is 13.4. The molecule has 1 aliphatic rings. The van der Waals surface area contributed by atoms with Crippen LogP contribution in [0.4, 0.5) is 0 Å². The molecule has 3 aromatic rings. The van der Waals surface area contributed by atoms with Crippen molar-refractivity contribution in [2.45, 2.75) is 32.6 Å². The van der Waals surface area contributed by atoms with Crippen molar-refractivity contribution in [2.24, 2.45) is 5.10 Å². The molecule has 0 saturated heterocycles. The van der Waals surface area contributed by atoms with Crippen LogP contribution in [0, 0.1) is 0 Å². The van der Waals surface area contributed by atoms with Gasteiger partial charge in [0.15, 0.2) is 6.61 Å². The van der Waals surface area contributed by atoms with Gasteiger partial charge in [-0.05, 0) is 67.0 Å². The zero-order valence-corrected chi connectivity index (χ0v) is 17.2. The third-order valence-electron chi connectivity index (χ3n) is 5.45. The SMILES string of the molecule is C/C(=N\NC(=O)COc1ccccc1-c1ccccc1)c1ccc2c(c1)CCCC2.